The summed E-state index contributed by atoms with van der Waals surface area (Å²) in [6.07, 6.45) is 1.03. The second-order valence-electron chi connectivity index (χ2n) is 6.57. The Bertz CT molecular complexity index is 418. The highest BCUT2D eigenvalue weighted by atomic mass is 79.9. The van der Waals surface area contributed by atoms with E-state index in [1.165, 1.54) is 21.2 Å². The van der Waals surface area contributed by atoms with E-state index < -0.39 is 0 Å². The molecule has 18 heavy (non-hydrogen) atoms. The maximum absolute atomic E-state index is 6.40. The molecule has 0 aliphatic carbocycles. The molecule has 1 aromatic carbocycles. The zero-order chi connectivity index (χ0) is 14.1. The standard InChI is InChI=1S/C16H26BrN/c1-10-8-14(17)11(2)7-13(10)15(18)9-12(3)16(4,5)6/h7-8,12,15H,9,18H2,1-6H3. The van der Waals surface area contributed by atoms with Gasteiger partial charge in [0.15, 0.2) is 0 Å². The van der Waals surface area contributed by atoms with Crippen molar-refractivity contribution in [2.24, 2.45) is 17.1 Å². The quantitative estimate of drug-likeness (QED) is 0.822. The van der Waals surface area contributed by atoms with Crippen molar-refractivity contribution < 1.29 is 0 Å². The first-order valence-corrected chi connectivity index (χ1v) is 7.44. The monoisotopic (exact) mass is 311 g/mol. The molecule has 0 amide bonds. The first-order chi connectivity index (χ1) is 8.12. The molecule has 0 aliphatic heterocycles. The molecular weight excluding hydrogens is 286 g/mol. The molecule has 0 bridgehead atoms. The number of aryl methyl sites for hydroxylation is 2. The lowest BCUT2D eigenvalue weighted by atomic mass is 9.77. The highest BCUT2D eigenvalue weighted by Gasteiger charge is 2.23. The Hall–Kier alpha value is -0.340. The van der Waals surface area contributed by atoms with Crippen molar-refractivity contribution in [3.63, 3.8) is 0 Å². The van der Waals surface area contributed by atoms with E-state index in [4.69, 9.17) is 5.73 Å². The molecule has 2 atom stereocenters. The molecule has 0 spiro atoms. The summed E-state index contributed by atoms with van der Waals surface area (Å²) in [5.41, 5.74) is 10.5. The van der Waals surface area contributed by atoms with Crippen LogP contribution < -0.4 is 5.73 Å². The summed E-state index contributed by atoms with van der Waals surface area (Å²) >= 11 is 3.57. The van der Waals surface area contributed by atoms with E-state index in [0.29, 0.717) is 11.3 Å². The minimum atomic E-state index is 0.131. The van der Waals surface area contributed by atoms with Crippen LogP contribution in [0.3, 0.4) is 0 Å². The SMILES string of the molecule is Cc1cc(C(N)CC(C)C(C)(C)C)c(C)cc1Br. The number of nitrogens with two attached hydrogens (primary N) is 1. The van der Waals surface area contributed by atoms with Crippen molar-refractivity contribution in [2.45, 2.75) is 54.0 Å². The van der Waals surface area contributed by atoms with Crippen molar-refractivity contribution in [1.82, 2.24) is 0 Å². The van der Waals surface area contributed by atoms with Gasteiger partial charge in [-0.1, -0.05) is 49.7 Å². The van der Waals surface area contributed by atoms with Crippen molar-refractivity contribution in [2.75, 3.05) is 0 Å². The number of rotatable bonds is 3. The predicted octanol–water partition coefficient (Wildman–Crippen LogP) is 5.14. The summed E-state index contributed by atoms with van der Waals surface area (Å²) in [6.45, 7) is 13.4. The van der Waals surface area contributed by atoms with Gasteiger partial charge in [0.2, 0.25) is 0 Å². The van der Waals surface area contributed by atoms with Crippen LogP contribution in [-0.2, 0) is 0 Å². The van der Waals surface area contributed by atoms with Gasteiger partial charge in [-0.3, -0.25) is 0 Å². The van der Waals surface area contributed by atoms with Crippen molar-refractivity contribution in [3.8, 4) is 0 Å². The van der Waals surface area contributed by atoms with Crippen molar-refractivity contribution in [3.05, 3.63) is 33.3 Å². The molecule has 0 aromatic heterocycles. The zero-order valence-corrected chi connectivity index (χ0v) is 14.1. The first kappa shape index (κ1) is 15.7. The molecular formula is C16H26BrN. The van der Waals surface area contributed by atoms with E-state index in [1.54, 1.807) is 0 Å². The second kappa shape index (κ2) is 5.75. The fraction of sp³-hybridized carbons (Fsp3) is 0.625. The average molecular weight is 312 g/mol. The Balaban J connectivity index is 2.91. The molecule has 1 aromatic rings. The fourth-order valence-corrected chi connectivity index (χ4v) is 2.52. The van der Waals surface area contributed by atoms with Gasteiger partial charge in [0.25, 0.3) is 0 Å². The summed E-state index contributed by atoms with van der Waals surface area (Å²) in [4.78, 5) is 0. The van der Waals surface area contributed by atoms with E-state index in [2.05, 4.69) is 69.6 Å². The van der Waals surface area contributed by atoms with Gasteiger partial charge in [-0.05, 0) is 54.4 Å². The largest absolute Gasteiger partial charge is 0.324 e. The Kier molecular flexibility index (Phi) is 5.02. The van der Waals surface area contributed by atoms with E-state index >= 15 is 0 Å². The second-order valence-corrected chi connectivity index (χ2v) is 7.42. The maximum Gasteiger partial charge on any atom is 0.0300 e. The molecule has 1 rings (SSSR count). The smallest absolute Gasteiger partial charge is 0.0300 e. The zero-order valence-electron chi connectivity index (χ0n) is 12.5. The summed E-state index contributed by atoms with van der Waals surface area (Å²) in [5.74, 6) is 0.607. The molecule has 102 valence electrons. The van der Waals surface area contributed by atoms with Crippen LogP contribution in [0.5, 0.6) is 0 Å². The lowest BCUT2D eigenvalue weighted by Crippen LogP contribution is -2.23. The summed E-state index contributed by atoms with van der Waals surface area (Å²) < 4.78 is 1.17. The topological polar surface area (TPSA) is 26.0 Å². The molecule has 0 fully saturated rings. The lowest BCUT2D eigenvalue weighted by Gasteiger charge is -2.30. The van der Waals surface area contributed by atoms with Gasteiger partial charge >= 0.3 is 0 Å². The third-order valence-corrected chi connectivity index (χ3v) is 4.89. The van der Waals surface area contributed by atoms with Crippen molar-refractivity contribution >= 4 is 15.9 Å². The van der Waals surface area contributed by atoms with Crippen LogP contribution in [0.2, 0.25) is 0 Å². The molecule has 2 heteroatoms. The first-order valence-electron chi connectivity index (χ1n) is 6.65. The predicted molar refractivity (Wildman–Crippen MR) is 83.8 cm³/mol. The Labute approximate surface area is 120 Å². The van der Waals surface area contributed by atoms with Crippen LogP contribution in [0.25, 0.3) is 0 Å². The van der Waals surface area contributed by atoms with Crippen LogP contribution in [0, 0.1) is 25.2 Å². The van der Waals surface area contributed by atoms with E-state index in [0.717, 1.165) is 6.42 Å². The number of hydrogen-bond acceptors (Lipinski definition) is 1. The van der Waals surface area contributed by atoms with Gasteiger partial charge in [0.05, 0.1) is 0 Å². The Morgan fingerprint density at radius 1 is 1.17 bits per heavy atom. The molecule has 0 aliphatic rings. The number of hydrogen-bond donors (Lipinski definition) is 1. The average Bonchev–Trinajstić information content (AvgIpc) is 2.21. The van der Waals surface area contributed by atoms with Gasteiger partial charge < -0.3 is 5.73 Å². The normalized spacial score (nSPS) is 15.6. The lowest BCUT2D eigenvalue weighted by molar-refractivity contribution is 0.233. The van der Waals surface area contributed by atoms with Crippen LogP contribution in [-0.4, -0.2) is 0 Å². The molecule has 0 heterocycles. The van der Waals surface area contributed by atoms with Gasteiger partial charge in [-0.15, -0.1) is 0 Å². The van der Waals surface area contributed by atoms with Gasteiger partial charge in [-0.25, -0.2) is 0 Å². The minimum absolute atomic E-state index is 0.131. The Morgan fingerprint density at radius 3 is 2.22 bits per heavy atom. The molecule has 0 saturated carbocycles. The molecule has 2 unspecified atom stereocenters. The highest BCUT2D eigenvalue weighted by Crippen LogP contribution is 2.34. The minimum Gasteiger partial charge on any atom is -0.324 e. The van der Waals surface area contributed by atoms with Gasteiger partial charge in [-0.2, -0.15) is 0 Å². The highest BCUT2D eigenvalue weighted by molar-refractivity contribution is 9.10. The molecule has 0 radical (unpaired) electrons. The third kappa shape index (κ3) is 3.83. The van der Waals surface area contributed by atoms with E-state index in [9.17, 15) is 0 Å². The number of halogens is 1. The van der Waals surface area contributed by atoms with Crippen LogP contribution in [0.4, 0.5) is 0 Å². The summed E-state index contributed by atoms with van der Waals surface area (Å²) in [7, 11) is 0. The summed E-state index contributed by atoms with van der Waals surface area (Å²) in [6, 6.07) is 4.53. The molecule has 0 saturated heterocycles. The van der Waals surface area contributed by atoms with Crippen LogP contribution >= 0.6 is 15.9 Å². The fourth-order valence-electron chi connectivity index (χ4n) is 2.06. The van der Waals surface area contributed by atoms with Crippen LogP contribution in [0.15, 0.2) is 16.6 Å². The van der Waals surface area contributed by atoms with Gasteiger partial charge in [0, 0.05) is 10.5 Å². The van der Waals surface area contributed by atoms with Gasteiger partial charge in [0.1, 0.15) is 0 Å². The van der Waals surface area contributed by atoms with E-state index in [-0.39, 0.29) is 6.04 Å². The van der Waals surface area contributed by atoms with E-state index in [1.807, 2.05) is 0 Å². The number of benzene rings is 1. The molecule has 2 N–H and O–H groups in total. The van der Waals surface area contributed by atoms with Crippen molar-refractivity contribution in [1.29, 1.82) is 0 Å². The third-order valence-electron chi connectivity index (χ3n) is 4.03. The maximum atomic E-state index is 6.40. The molecule has 1 nitrogen and oxygen atoms in total. The summed E-state index contributed by atoms with van der Waals surface area (Å²) in [5, 5.41) is 0. The Morgan fingerprint density at radius 2 is 1.72 bits per heavy atom. The van der Waals surface area contributed by atoms with Crippen LogP contribution in [0.1, 0.15) is 56.8 Å².